The SMILES string of the molecule is CN(CC(=O)Nc1ccc(OC(F)(F)F)cc1)Cc1coc(-c2cccs2)n1. The van der Waals surface area contributed by atoms with E-state index in [0.717, 1.165) is 17.0 Å². The van der Waals surface area contributed by atoms with Crippen molar-refractivity contribution < 1.29 is 27.1 Å². The van der Waals surface area contributed by atoms with Crippen molar-refractivity contribution in [3.05, 3.63) is 53.7 Å². The van der Waals surface area contributed by atoms with Crippen molar-refractivity contribution in [2.24, 2.45) is 0 Å². The summed E-state index contributed by atoms with van der Waals surface area (Å²) in [5, 5.41) is 4.54. The Labute approximate surface area is 162 Å². The first-order valence-electron chi connectivity index (χ1n) is 8.11. The predicted octanol–water partition coefficient (Wildman–Crippen LogP) is 4.37. The van der Waals surface area contributed by atoms with Crippen LogP contribution in [0.2, 0.25) is 0 Å². The largest absolute Gasteiger partial charge is 0.573 e. The number of ether oxygens (including phenoxy) is 1. The minimum absolute atomic E-state index is 0.0714. The molecule has 0 radical (unpaired) electrons. The molecule has 0 saturated heterocycles. The second kappa shape index (κ2) is 8.44. The van der Waals surface area contributed by atoms with Crippen LogP contribution in [0.25, 0.3) is 10.8 Å². The molecule has 0 fully saturated rings. The highest BCUT2D eigenvalue weighted by atomic mass is 32.1. The van der Waals surface area contributed by atoms with E-state index in [2.05, 4.69) is 15.0 Å². The van der Waals surface area contributed by atoms with Crippen LogP contribution in [0.15, 0.2) is 52.5 Å². The van der Waals surface area contributed by atoms with Gasteiger partial charge in [-0.05, 0) is 42.8 Å². The van der Waals surface area contributed by atoms with Crippen molar-refractivity contribution in [3.8, 4) is 16.5 Å². The van der Waals surface area contributed by atoms with E-state index < -0.39 is 6.36 Å². The molecule has 3 aromatic rings. The highest BCUT2D eigenvalue weighted by Crippen LogP contribution is 2.25. The van der Waals surface area contributed by atoms with Gasteiger partial charge in [-0.2, -0.15) is 0 Å². The summed E-state index contributed by atoms with van der Waals surface area (Å²) in [6, 6.07) is 8.75. The van der Waals surface area contributed by atoms with Crippen LogP contribution >= 0.6 is 11.3 Å². The summed E-state index contributed by atoms with van der Waals surface area (Å²) in [7, 11) is 1.75. The number of hydrogen-bond acceptors (Lipinski definition) is 6. The van der Waals surface area contributed by atoms with Gasteiger partial charge in [-0.1, -0.05) is 6.07 Å². The molecule has 3 rings (SSSR count). The lowest BCUT2D eigenvalue weighted by atomic mass is 10.3. The third-order valence-electron chi connectivity index (χ3n) is 3.50. The molecule has 28 heavy (non-hydrogen) atoms. The van der Waals surface area contributed by atoms with Crippen LogP contribution in [-0.2, 0) is 11.3 Å². The van der Waals surface area contributed by atoms with Crippen molar-refractivity contribution in [1.82, 2.24) is 9.88 Å². The number of nitrogens with one attached hydrogen (secondary N) is 1. The van der Waals surface area contributed by atoms with Crippen LogP contribution < -0.4 is 10.1 Å². The van der Waals surface area contributed by atoms with Gasteiger partial charge in [-0.15, -0.1) is 24.5 Å². The minimum atomic E-state index is -4.75. The quantitative estimate of drug-likeness (QED) is 0.625. The zero-order chi connectivity index (χ0) is 20.1. The lowest BCUT2D eigenvalue weighted by molar-refractivity contribution is -0.274. The van der Waals surface area contributed by atoms with Gasteiger partial charge in [0.25, 0.3) is 0 Å². The Balaban J connectivity index is 1.49. The molecule has 2 aromatic heterocycles. The number of aromatic nitrogens is 1. The van der Waals surface area contributed by atoms with Gasteiger partial charge in [0.05, 0.1) is 17.1 Å². The molecule has 0 atom stereocenters. The van der Waals surface area contributed by atoms with Gasteiger partial charge in [-0.25, -0.2) is 4.98 Å². The number of nitrogens with zero attached hydrogens (tertiary/aromatic N) is 2. The molecule has 0 bridgehead atoms. The van der Waals surface area contributed by atoms with Crippen molar-refractivity contribution in [3.63, 3.8) is 0 Å². The van der Waals surface area contributed by atoms with E-state index in [-0.39, 0.29) is 18.2 Å². The van der Waals surface area contributed by atoms with Crippen LogP contribution in [0.4, 0.5) is 18.9 Å². The molecule has 148 valence electrons. The zero-order valence-corrected chi connectivity index (χ0v) is 15.5. The van der Waals surface area contributed by atoms with E-state index in [1.165, 1.54) is 23.5 Å². The summed E-state index contributed by atoms with van der Waals surface area (Å²) in [5.41, 5.74) is 1.06. The number of hydrogen-bond donors (Lipinski definition) is 1. The van der Waals surface area contributed by atoms with Gasteiger partial charge in [0.15, 0.2) is 0 Å². The third kappa shape index (κ3) is 5.83. The Hall–Kier alpha value is -2.85. The Morgan fingerprint density at radius 2 is 2.04 bits per heavy atom. The fraction of sp³-hybridized carbons (Fsp3) is 0.222. The molecule has 2 heterocycles. The van der Waals surface area contributed by atoms with E-state index in [4.69, 9.17) is 4.42 Å². The molecule has 1 aromatic carbocycles. The number of likely N-dealkylation sites (N-methyl/N-ethyl adjacent to an activating group) is 1. The molecule has 1 N–H and O–H groups in total. The van der Waals surface area contributed by atoms with Crippen molar-refractivity contribution in [1.29, 1.82) is 0 Å². The van der Waals surface area contributed by atoms with Gasteiger partial charge in [0, 0.05) is 12.2 Å². The van der Waals surface area contributed by atoms with Gasteiger partial charge in [0.1, 0.15) is 12.0 Å². The lowest BCUT2D eigenvalue weighted by Crippen LogP contribution is -2.29. The highest BCUT2D eigenvalue weighted by Gasteiger charge is 2.30. The Kier molecular flexibility index (Phi) is 6.00. The summed E-state index contributed by atoms with van der Waals surface area (Å²) in [6.07, 6.45) is -3.21. The first-order chi connectivity index (χ1) is 13.3. The van der Waals surface area contributed by atoms with Crippen LogP contribution in [0.3, 0.4) is 0 Å². The van der Waals surface area contributed by atoms with Gasteiger partial charge >= 0.3 is 6.36 Å². The average Bonchev–Trinajstić information content (AvgIpc) is 3.26. The number of oxazole rings is 1. The second-order valence-electron chi connectivity index (χ2n) is 5.91. The first kappa shape index (κ1) is 19.9. The zero-order valence-electron chi connectivity index (χ0n) is 14.7. The summed E-state index contributed by atoms with van der Waals surface area (Å²) < 4.78 is 45.7. The molecule has 0 unspecified atom stereocenters. The summed E-state index contributed by atoms with van der Waals surface area (Å²) in [5.74, 6) is -0.131. The smallest absolute Gasteiger partial charge is 0.444 e. The number of thiophene rings is 1. The number of halogens is 3. The third-order valence-corrected chi connectivity index (χ3v) is 4.36. The Morgan fingerprint density at radius 3 is 2.68 bits per heavy atom. The first-order valence-corrected chi connectivity index (χ1v) is 8.99. The van der Waals surface area contributed by atoms with E-state index >= 15 is 0 Å². The number of alkyl halides is 3. The highest BCUT2D eigenvalue weighted by molar-refractivity contribution is 7.13. The molecule has 1 amide bonds. The van der Waals surface area contributed by atoms with E-state index in [1.54, 1.807) is 18.2 Å². The van der Waals surface area contributed by atoms with Crippen LogP contribution in [0, 0.1) is 0 Å². The van der Waals surface area contributed by atoms with E-state index in [9.17, 15) is 18.0 Å². The predicted molar refractivity (Wildman–Crippen MR) is 97.9 cm³/mol. The Bertz CT molecular complexity index is 908. The summed E-state index contributed by atoms with van der Waals surface area (Å²) >= 11 is 1.52. The summed E-state index contributed by atoms with van der Waals surface area (Å²) in [6.45, 7) is 0.475. The number of anilines is 1. The second-order valence-corrected chi connectivity index (χ2v) is 6.86. The van der Waals surface area contributed by atoms with Gasteiger partial charge in [-0.3, -0.25) is 9.69 Å². The molecule has 10 heteroatoms. The van der Waals surface area contributed by atoms with Crippen molar-refractivity contribution in [2.75, 3.05) is 18.9 Å². The van der Waals surface area contributed by atoms with E-state index in [1.807, 2.05) is 17.5 Å². The normalized spacial score (nSPS) is 11.6. The lowest BCUT2D eigenvalue weighted by Gasteiger charge is -2.15. The van der Waals surface area contributed by atoms with Gasteiger partial charge < -0.3 is 14.5 Å². The molecule has 6 nitrogen and oxygen atoms in total. The molecule has 0 saturated carbocycles. The maximum absolute atomic E-state index is 12.1. The molecular formula is C18H16F3N3O3S. The number of carbonyl (C=O) groups excluding carboxylic acids is 1. The van der Waals surface area contributed by atoms with Crippen LogP contribution in [-0.4, -0.2) is 35.7 Å². The van der Waals surface area contributed by atoms with Crippen molar-refractivity contribution in [2.45, 2.75) is 12.9 Å². The molecule has 0 aliphatic rings. The van der Waals surface area contributed by atoms with E-state index in [0.29, 0.717) is 23.8 Å². The Morgan fingerprint density at radius 1 is 1.29 bits per heavy atom. The van der Waals surface area contributed by atoms with Crippen LogP contribution in [0.1, 0.15) is 5.69 Å². The molecule has 0 aliphatic heterocycles. The number of benzene rings is 1. The monoisotopic (exact) mass is 411 g/mol. The number of carbonyl (C=O) groups is 1. The topological polar surface area (TPSA) is 67.6 Å². The molecular weight excluding hydrogens is 395 g/mol. The molecule has 0 spiro atoms. The standard InChI is InChI=1S/C18H16F3N3O3S/c1-24(9-13-11-26-17(23-13)15-3-2-8-28-15)10-16(25)22-12-4-6-14(7-5-12)27-18(19,20)21/h2-8,11H,9-10H2,1H3,(H,22,25). The average molecular weight is 411 g/mol. The maximum Gasteiger partial charge on any atom is 0.573 e. The number of rotatable bonds is 7. The minimum Gasteiger partial charge on any atom is -0.444 e. The fourth-order valence-electron chi connectivity index (χ4n) is 2.41. The summed E-state index contributed by atoms with van der Waals surface area (Å²) in [4.78, 5) is 19.2. The fourth-order valence-corrected chi connectivity index (χ4v) is 3.07. The van der Waals surface area contributed by atoms with Crippen LogP contribution in [0.5, 0.6) is 5.75 Å². The van der Waals surface area contributed by atoms with Crippen molar-refractivity contribution >= 4 is 22.9 Å². The van der Waals surface area contributed by atoms with Gasteiger partial charge in [0.2, 0.25) is 11.8 Å². The maximum atomic E-state index is 12.1. The number of amides is 1. The molecule has 0 aliphatic carbocycles.